The van der Waals surface area contributed by atoms with Crippen molar-refractivity contribution in [3.8, 4) is 0 Å². The summed E-state index contributed by atoms with van der Waals surface area (Å²) in [4.78, 5) is 24.1. The average Bonchev–Trinajstić information content (AvgIpc) is 2.43. The van der Waals surface area contributed by atoms with Crippen LogP contribution in [0.3, 0.4) is 0 Å². The fraction of sp³-hybridized carbons (Fsp3) is 0.385. The Morgan fingerprint density at radius 2 is 1.77 bits per heavy atom. The van der Waals surface area contributed by atoms with Crippen LogP contribution in [0.2, 0.25) is 0 Å². The standard InChI is InChI=1S/C13H15I3N2O4/c1-5-9(14)7(12(17)20)11(16)8(10(5)15)13(21)18-3-6(19)4-22-2/h6,19H,3-4H2,1-2H3,(H2,17,20)(H,18,21). The van der Waals surface area contributed by atoms with Crippen LogP contribution in [0.15, 0.2) is 0 Å². The molecule has 1 rings (SSSR count). The van der Waals surface area contributed by atoms with Crippen molar-refractivity contribution in [3.63, 3.8) is 0 Å². The van der Waals surface area contributed by atoms with Gasteiger partial charge < -0.3 is 20.9 Å². The zero-order chi connectivity index (χ0) is 17.0. The van der Waals surface area contributed by atoms with Gasteiger partial charge in [-0.25, -0.2) is 0 Å². The summed E-state index contributed by atoms with van der Waals surface area (Å²) in [6.07, 6.45) is -0.787. The van der Waals surface area contributed by atoms with Gasteiger partial charge in [-0.05, 0) is 80.3 Å². The van der Waals surface area contributed by atoms with Crippen molar-refractivity contribution in [1.29, 1.82) is 0 Å². The minimum Gasteiger partial charge on any atom is -0.389 e. The van der Waals surface area contributed by atoms with Gasteiger partial charge in [0.2, 0.25) is 0 Å². The maximum Gasteiger partial charge on any atom is 0.253 e. The van der Waals surface area contributed by atoms with Crippen molar-refractivity contribution < 1.29 is 19.4 Å². The SMILES string of the molecule is COCC(O)CNC(=O)c1c(I)c(C)c(I)c(C(N)=O)c1I. The molecule has 0 aromatic heterocycles. The van der Waals surface area contributed by atoms with Gasteiger partial charge >= 0.3 is 0 Å². The molecule has 0 saturated carbocycles. The van der Waals surface area contributed by atoms with Gasteiger partial charge in [0.15, 0.2) is 0 Å². The van der Waals surface area contributed by atoms with Crippen LogP contribution in [0.1, 0.15) is 26.3 Å². The maximum absolute atomic E-state index is 12.4. The molecule has 122 valence electrons. The van der Waals surface area contributed by atoms with Crippen molar-refractivity contribution in [2.45, 2.75) is 13.0 Å². The molecule has 2 amide bonds. The Morgan fingerprint density at radius 1 is 1.23 bits per heavy atom. The molecule has 1 unspecified atom stereocenters. The molecule has 0 aliphatic carbocycles. The van der Waals surface area contributed by atoms with E-state index in [-0.39, 0.29) is 19.1 Å². The average molecular weight is 644 g/mol. The van der Waals surface area contributed by atoms with E-state index in [0.29, 0.717) is 14.7 Å². The number of halogens is 3. The lowest BCUT2D eigenvalue weighted by Crippen LogP contribution is -2.35. The molecule has 6 nitrogen and oxygen atoms in total. The molecular weight excluding hydrogens is 629 g/mol. The molecule has 1 aromatic rings. The topological polar surface area (TPSA) is 102 Å². The van der Waals surface area contributed by atoms with Crippen LogP contribution in [0.4, 0.5) is 0 Å². The second-order valence-electron chi connectivity index (χ2n) is 4.50. The number of aliphatic hydroxyl groups is 1. The molecule has 9 heteroatoms. The monoisotopic (exact) mass is 644 g/mol. The number of nitrogens with two attached hydrogens (primary N) is 1. The summed E-state index contributed by atoms with van der Waals surface area (Å²) >= 11 is 6.09. The van der Waals surface area contributed by atoms with E-state index in [1.807, 2.05) is 29.5 Å². The molecule has 0 radical (unpaired) electrons. The molecule has 0 saturated heterocycles. The quantitative estimate of drug-likeness (QED) is 0.411. The van der Waals surface area contributed by atoms with E-state index in [0.717, 1.165) is 12.7 Å². The first-order valence-corrected chi connectivity index (χ1v) is 9.38. The van der Waals surface area contributed by atoms with Crippen molar-refractivity contribution in [2.24, 2.45) is 5.73 Å². The van der Waals surface area contributed by atoms with Crippen LogP contribution in [0.25, 0.3) is 0 Å². The summed E-state index contributed by atoms with van der Waals surface area (Å²) < 4.78 is 6.83. The molecule has 0 aliphatic heterocycles. The first-order valence-electron chi connectivity index (χ1n) is 6.14. The van der Waals surface area contributed by atoms with Crippen LogP contribution < -0.4 is 11.1 Å². The number of primary amides is 1. The molecular formula is C13H15I3N2O4. The lowest BCUT2D eigenvalue weighted by atomic mass is 10.1. The van der Waals surface area contributed by atoms with Gasteiger partial charge in [-0.1, -0.05) is 0 Å². The number of benzene rings is 1. The third-order valence-corrected chi connectivity index (χ3v) is 6.64. The minimum absolute atomic E-state index is 0.0653. The van der Waals surface area contributed by atoms with Gasteiger partial charge in [-0.3, -0.25) is 9.59 Å². The van der Waals surface area contributed by atoms with E-state index in [1.165, 1.54) is 7.11 Å². The molecule has 0 spiro atoms. The molecule has 22 heavy (non-hydrogen) atoms. The molecule has 0 fully saturated rings. The van der Waals surface area contributed by atoms with Crippen molar-refractivity contribution in [2.75, 3.05) is 20.3 Å². The fourth-order valence-electron chi connectivity index (χ4n) is 1.75. The first kappa shape index (κ1) is 20.3. The van der Waals surface area contributed by atoms with Crippen LogP contribution in [0.5, 0.6) is 0 Å². The fourth-order valence-corrected chi connectivity index (χ4v) is 5.94. The van der Waals surface area contributed by atoms with Gasteiger partial charge in [-0.2, -0.15) is 0 Å². The highest BCUT2D eigenvalue weighted by Gasteiger charge is 2.25. The van der Waals surface area contributed by atoms with Crippen molar-refractivity contribution in [1.82, 2.24) is 5.32 Å². The molecule has 1 atom stereocenters. The second kappa shape index (κ2) is 8.94. The lowest BCUT2D eigenvalue weighted by Gasteiger charge is -2.17. The number of aliphatic hydroxyl groups excluding tert-OH is 1. The summed E-state index contributed by atoms with van der Waals surface area (Å²) in [7, 11) is 1.47. The molecule has 0 aliphatic rings. The molecule has 1 aromatic carbocycles. The maximum atomic E-state index is 12.4. The van der Waals surface area contributed by atoms with E-state index in [4.69, 9.17) is 10.5 Å². The number of rotatable bonds is 6. The van der Waals surface area contributed by atoms with Crippen molar-refractivity contribution >= 4 is 79.6 Å². The summed E-state index contributed by atoms with van der Waals surface area (Å²) in [5.74, 6) is -0.923. The Hall–Kier alpha value is 0.270. The smallest absolute Gasteiger partial charge is 0.253 e. The molecule has 0 bridgehead atoms. The Balaban J connectivity index is 3.19. The highest BCUT2D eigenvalue weighted by Crippen LogP contribution is 2.31. The van der Waals surface area contributed by atoms with Gasteiger partial charge in [0.1, 0.15) is 0 Å². The summed E-state index contributed by atoms with van der Waals surface area (Å²) in [5.41, 5.74) is 7.01. The Labute approximate surface area is 169 Å². The zero-order valence-electron chi connectivity index (χ0n) is 11.9. The van der Waals surface area contributed by atoms with E-state index < -0.39 is 12.0 Å². The Bertz CT molecular complexity index is 608. The Morgan fingerprint density at radius 3 is 2.27 bits per heavy atom. The van der Waals surface area contributed by atoms with Crippen LogP contribution in [-0.4, -0.2) is 43.3 Å². The van der Waals surface area contributed by atoms with E-state index in [1.54, 1.807) is 0 Å². The van der Waals surface area contributed by atoms with Crippen molar-refractivity contribution in [3.05, 3.63) is 27.4 Å². The van der Waals surface area contributed by atoms with Crippen LogP contribution in [-0.2, 0) is 4.74 Å². The lowest BCUT2D eigenvalue weighted by molar-refractivity contribution is 0.0609. The third-order valence-electron chi connectivity index (χ3n) is 2.87. The van der Waals surface area contributed by atoms with Crippen LogP contribution in [0, 0.1) is 17.6 Å². The number of carbonyl (C=O) groups is 2. The minimum atomic E-state index is -0.787. The van der Waals surface area contributed by atoms with Gasteiger partial charge in [0.05, 0.1) is 23.8 Å². The number of hydrogen-bond donors (Lipinski definition) is 3. The first-order chi connectivity index (χ1) is 10.2. The predicted octanol–water partition coefficient (Wildman–Crippen LogP) is 1.64. The zero-order valence-corrected chi connectivity index (χ0v) is 18.3. The highest BCUT2D eigenvalue weighted by atomic mass is 127. The van der Waals surface area contributed by atoms with Gasteiger partial charge in [0, 0.05) is 24.4 Å². The third kappa shape index (κ3) is 4.64. The van der Waals surface area contributed by atoms with E-state index >= 15 is 0 Å². The van der Waals surface area contributed by atoms with E-state index in [9.17, 15) is 14.7 Å². The number of hydrogen-bond acceptors (Lipinski definition) is 4. The summed E-state index contributed by atoms with van der Waals surface area (Å²) in [6, 6.07) is 0. The largest absolute Gasteiger partial charge is 0.389 e. The number of ether oxygens (including phenoxy) is 1. The van der Waals surface area contributed by atoms with Crippen LogP contribution >= 0.6 is 67.8 Å². The predicted molar refractivity (Wildman–Crippen MR) is 108 cm³/mol. The molecule has 0 heterocycles. The Kier molecular flexibility index (Phi) is 8.25. The number of carbonyl (C=O) groups excluding carboxylic acids is 2. The number of nitrogens with one attached hydrogen (secondary N) is 1. The van der Waals surface area contributed by atoms with Gasteiger partial charge in [0.25, 0.3) is 11.8 Å². The van der Waals surface area contributed by atoms with Gasteiger partial charge in [-0.15, -0.1) is 0 Å². The number of methoxy groups -OCH3 is 1. The second-order valence-corrected chi connectivity index (χ2v) is 7.74. The summed E-state index contributed by atoms with van der Waals surface area (Å²) in [6.45, 7) is 2.03. The number of amides is 2. The highest BCUT2D eigenvalue weighted by molar-refractivity contribution is 14.1. The normalized spacial score (nSPS) is 12.1. The van der Waals surface area contributed by atoms with E-state index in [2.05, 4.69) is 50.5 Å². The molecule has 4 N–H and O–H groups in total. The summed E-state index contributed by atoms with van der Waals surface area (Å²) in [5, 5.41) is 12.3.